The van der Waals surface area contributed by atoms with E-state index in [-0.39, 0.29) is 0 Å². The van der Waals surface area contributed by atoms with Gasteiger partial charge in [-0.25, -0.2) is 9.97 Å². The summed E-state index contributed by atoms with van der Waals surface area (Å²) in [7, 11) is 0. The van der Waals surface area contributed by atoms with E-state index in [0.29, 0.717) is 6.04 Å². The number of nitrogens with one attached hydrogen (secondary N) is 1. The lowest BCUT2D eigenvalue weighted by atomic mass is 10.2. The van der Waals surface area contributed by atoms with Crippen LogP contribution in [0.15, 0.2) is 17.1 Å². The van der Waals surface area contributed by atoms with E-state index in [4.69, 9.17) is 0 Å². The van der Waals surface area contributed by atoms with Gasteiger partial charge in [0.05, 0.1) is 16.2 Å². The van der Waals surface area contributed by atoms with Crippen LogP contribution in [-0.2, 0) is 6.42 Å². The average molecular weight is 253 g/mol. The maximum absolute atomic E-state index is 4.26. The van der Waals surface area contributed by atoms with Gasteiger partial charge in [-0.15, -0.1) is 22.7 Å². The normalized spacial score (nSPS) is 12.9. The number of aromatic nitrogens is 2. The third-order valence-corrected chi connectivity index (χ3v) is 4.40. The molecule has 2 aromatic rings. The van der Waals surface area contributed by atoms with Gasteiger partial charge in [-0.2, -0.15) is 0 Å². The van der Waals surface area contributed by atoms with E-state index in [0.717, 1.165) is 18.7 Å². The molecule has 0 amide bonds. The van der Waals surface area contributed by atoms with E-state index in [1.54, 1.807) is 22.7 Å². The van der Waals surface area contributed by atoms with Crippen molar-refractivity contribution in [3.63, 3.8) is 0 Å². The van der Waals surface area contributed by atoms with Crippen molar-refractivity contribution >= 4 is 22.7 Å². The van der Waals surface area contributed by atoms with Crippen LogP contribution >= 0.6 is 22.7 Å². The molecule has 5 heteroatoms. The first-order valence-electron chi connectivity index (χ1n) is 5.29. The Morgan fingerprint density at radius 1 is 1.38 bits per heavy atom. The number of hydrogen-bond donors (Lipinski definition) is 1. The lowest BCUT2D eigenvalue weighted by Crippen LogP contribution is -2.21. The van der Waals surface area contributed by atoms with Crippen molar-refractivity contribution in [3.05, 3.63) is 32.7 Å². The first kappa shape index (κ1) is 11.7. The maximum Gasteiger partial charge on any atom is 0.0937 e. The molecule has 16 heavy (non-hydrogen) atoms. The van der Waals surface area contributed by atoms with Gasteiger partial charge in [0.1, 0.15) is 0 Å². The van der Waals surface area contributed by atoms with Crippen LogP contribution in [0, 0.1) is 6.92 Å². The van der Waals surface area contributed by atoms with Crippen molar-refractivity contribution in [3.8, 4) is 0 Å². The zero-order valence-electron chi connectivity index (χ0n) is 9.43. The van der Waals surface area contributed by atoms with Gasteiger partial charge in [0.25, 0.3) is 0 Å². The summed E-state index contributed by atoms with van der Waals surface area (Å²) in [6.45, 7) is 5.21. The van der Waals surface area contributed by atoms with Crippen LogP contribution in [0.1, 0.15) is 28.5 Å². The molecule has 1 atom stereocenters. The molecule has 2 heterocycles. The van der Waals surface area contributed by atoms with Gasteiger partial charge >= 0.3 is 0 Å². The molecule has 0 spiro atoms. The van der Waals surface area contributed by atoms with Crippen molar-refractivity contribution in [1.29, 1.82) is 0 Å². The Kier molecular flexibility index (Phi) is 4.04. The molecule has 0 aliphatic rings. The summed E-state index contributed by atoms with van der Waals surface area (Å²) in [5.74, 6) is 0. The zero-order valence-corrected chi connectivity index (χ0v) is 11.1. The van der Waals surface area contributed by atoms with Gasteiger partial charge in [-0.1, -0.05) is 0 Å². The van der Waals surface area contributed by atoms with Crippen LogP contribution in [-0.4, -0.2) is 16.5 Å². The Bertz CT molecular complexity index is 422. The van der Waals surface area contributed by atoms with Gasteiger partial charge in [-0.3, -0.25) is 0 Å². The topological polar surface area (TPSA) is 37.8 Å². The van der Waals surface area contributed by atoms with Crippen molar-refractivity contribution in [2.45, 2.75) is 26.3 Å². The molecule has 1 N–H and O–H groups in total. The summed E-state index contributed by atoms with van der Waals surface area (Å²) in [6, 6.07) is 0.382. The molecule has 0 saturated carbocycles. The number of nitrogens with zero attached hydrogens (tertiary/aromatic N) is 2. The molecule has 86 valence electrons. The minimum atomic E-state index is 0.382. The van der Waals surface area contributed by atoms with Gasteiger partial charge in [0.2, 0.25) is 0 Å². The smallest absolute Gasteiger partial charge is 0.0937 e. The summed E-state index contributed by atoms with van der Waals surface area (Å²) in [6.07, 6.45) is 2.86. The Labute approximate surface area is 104 Å². The second-order valence-electron chi connectivity index (χ2n) is 3.65. The summed E-state index contributed by atoms with van der Waals surface area (Å²) in [5.41, 5.74) is 3.04. The van der Waals surface area contributed by atoms with Crippen LogP contribution in [0.3, 0.4) is 0 Å². The molecule has 0 bridgehead atoms. The fourth-order valence-corrected chi connectivity index (χ4v) is 3.05. The first-order chi connectivity index (χ1) is 7.77. The number of rotatable bonds is 5. The second kappa shape index (κ2) is 5.52. The predicted molar refractivity (Wildman–Crippen MR) is 69.1 cm³/mol. The minimum Gasteiger partial charge on any atom is -0.309 e. The average Bonchev–Trinajstić information content (AvgIpc) is 2.88. The van der Waals surface area contributed by atoms with Gasteiger partial charge < -0.3 is 5.32 Å². The highest BCUT2D eigenvalue weighted by Crippen LogP contribution is 2.20. The summed E-state index contributed by atoms with van der Waals surface area (Å²) in [5, 5.41) is 6.72. The van der Waals surface area contributed by atoms with Crippen LogP contribution in [0.5, 0.6) is 0 Å². The lowest BCUT2D eigenvalue weighted by Gasteiger charge is -2.11. The van der Waals surface area contributed by atoms with E-state index < -0.39 is 0 Å². The molecule has 3 nitrogen and oxygen atoms in total. The molecule has 0 aromatic carbocycles. The van der Waals surface area contributed by atoms with E-state index in [1.807, 2.05) is 17.1 Å². The van der Waals surface area contributed by atoms with Crippen LogP contribution in [0.4, 0.5) is 0 Å². The molecule has 2 rings (SSSR count). The van der Waals surface area contributed by atoms with E-state index >= 15 is 0 Å². The molecule has 0 saturated heterocycles. The quantitative estimate of drug-likeness (QED) is 0.890. The lowest BCUT2D eigenvalue weighted by molar-refractivity contribution is 0.581. The molecule has 0 aliphatic carbocycles. The van der Waals surface area contributed by atoms with E-state index in [2.05, 4.69) is 29.1 Å². The minimum absolute atomic E-state index is 0.382. The highest BCUT2D eigenvalue weighted by Gasteiger charge is 2.09. The summed E-state index contributed by atoms with van der Waals surface area (Å²) in [4.78, 5) is 9.86. The largest absolute Gasteiger partial charge is 0.309 e. The predicted octanol–water partition coefficient (Wildman–Crippen LogP) is 2.80. The monoisotopic (exact) mass is 253 g/mol. The van der Waals surface area contributed by atoms with Crippen LogP contribution in [0.2, 0.25) is 0 Å². The zero-order chi connectivity index (χ0) is 11.4. The van der Waals surface area contributed by atoms with Crippen LogP contribution < -0.4 is 5.32 Å². The van der Waals surface area contributed by atoms with Gasteiger partial charge in [0.15, 0.2) is 0 Å². The summed E-state index contributed by atoms with van der Waals surface area (Å²) >= 11 is 3.43. The first-order valence-corrected chi connectivity index (χ1v) is 7.05. The molecular formula is C11H15N3S2. The van der Waals surface area contributed by atoms with Crippen molar-refractivity contribution in [1.82, 2.24) is 15.3 Å². The standard InChI is InChI=1S/C11H15N3S2/c1-8(11-9(2)14-7-16-11)12-4-3-10-13-5-6-15-10/h5-8,12H,3-4H2,1-2H3. The number of aryl methyl sites for hydroxylation is 1. The summed E-state index contributed by atoms with van der Waals surface area (Å²) < 4.78 is 0. The van der Waals surface area contributed by atoms with E-state index in [9.17, 15) is 0 Å². The Morgan fingerprint density at radius 3 is 2.88 bits per heavy atom. The fourth-order valence-electron chi connectivity index (χ4n) is 1.59. The highest BCUT2D eigenvalue weighted by atomic mass is 32.1. The van der Waals surface area contributed by atoms with E-state index in [1.165, 1.54) is 9.88 Å². The molecule has 0 aliphatic heterocycles. The van der Waals surface area contributed by atoms with Crippen molar-refractivity contribution in [2.24, 2.45) is 0 Å². The second-order valence-corrected chi connectivity index (χ2v) is 5.52. The Morgan fingerprint density at radius 2 is 2.25 bits per heavy atom. The molecule has 0 radical (unpaired) electrons. The van der Waals surface area contributed by atoms with Crippen molar-refractivity contribution < 1.29 is 0 Å². The third-order valence-electron chi connectivity index (χ3n) is 2.45. The SMILES string of the molecule is Cc1ncsc1C(C)NCCc1nccs1. The molecular weight excluding hydrogens is 238 g/mol. The fraction of sp³-hybridized carbons (Fsp3) is 0.455. The Hall–Kier alpha value is -0.780. The Balaban J connectivity index is 1.80. The van der Waals surface area contributed by atoms with Gasteiger partial charge in [-0.05, 0) is 13.8 Å². The molecule has 0 fully saturated rings. The van der Waals surface area contributed by atoms with Gasteiger partial charge in [0, 0.05) is 35.5 Å². The third kappa shape index (κ3) is 2.87. The number of hydrogen-bond acceptors (Lipinski definition) is 5. The maximum atomic E-state index is 4.26. The molecule has 1 unspecified atom stereocenters. The van der Waals surface area contributed by atoms with Crippen LogP contribution in [0.25, 0.3) is 0 Å². The highest BCUT2D eigenvalue weighted by molar-refractivity contribution is 7.10. The molecule has 2 aromatic heterocycles. The van der Waals surface area contributed by atoms with Crippen molar-refractivity contribution in [2.75, 3.05) is 6.54 Å². The number of thiazole rings is 2.